The highest BCUT2D eigenvalue weighted by Gasteiger charge is 2.15. The van der Waals surface area contributed by atoms with E-state index in [0.717, 1.165) is 38.5 Å². The van der Waals surface area contributed by atoms with Crippen molar-refractivity contribution in [2.45, 2.75) is 174 Å². The quantitative estimate of drug-likeness (QED) is 0.0633. The number of carbonyl (C=O) groups is 2. The lowest BCUT2D eigenvalue weighted by Crippen LogP contribution is -2.18. The number of esters is 1. The Hall–Kier alpha value is -1.58. The maximum absolute atomic E-state index is 12.4. The SMILES string of the molecule is CCCCC/C=C\C/C=C\CCCCCCCC(=O)OC(CCCCCCCCCC)CCCC(=O)O. The Bertz CT molecular complexity index is 567. The monoisotopic (exact) mass is 520 g/mol. The summed E-state index contributed by atoms with van der Waals surface area (Å²) in [4.78, 5) is 23.2. The molecule has 0 heterocycles. The largest absolute Gasteiger partial charge is 0.481 e. The Kier molecular flexibility index (Phi) is 27.7. The van der Waals surface area contributed by atoms with E-state index in [4.69, 9.17) is 9.84 Å². The molecule has 0 fully saturated rings. The number of carboxylic acid groups (broad SMARTS) is 1. The Morgan fingerprint density at radius 1 is 0.595 bits per heavy atom. The number of allylic oxidation sites excluding steroid dienone is 4. The van der Waals surface area contributed by atoms with E-state index in [9.17, 15) is 9.59 Å². The topological polar surface area (TPSA) is 63.6 Å². The highest BCUT2D eigenvalue weighted by atomic mass is 16.5. The number of rotatable bonds is 28. The van der Waals surface area contributed by atoms with Gasteiger partial charge in [0.15, 0.2) is 0 Å². The molecule has 0 bridgehead atoms. The van der Waals surface area contributed by atoms with Crippen LogP contribution in [0.15, 0.2) is 24.3 Å². The number of carbonyl (C=O) groups excluding carboxylic acids is 1. The van der Waals surface area contributed by atoms with E-state index in [1.807, 2.05) is 0 Å². The molecule has 1 N–H and O–H groups in total. The average Bonchev–Trinajstić information content (AvgIpc) is 2.87. The molecule has 1 atom stereocenters. The second-order valence-electron chi connectivity index (χ2n) is 10.6. The van der Waals surface area contributed by atoms with Gasteiger partial charge in [-0.15, -0.1) is 0 Å². The summed E-state index contributed by atoms with van der Waals surface area (Å²) in [6.45, 7) is 4.48. The van der Waals surface area contributed by atoms with Crippen molar-refractivity contribution in [1.29, 1.82) is 0 Å². The van der Waals surface area contributed by atoms with E-state index >= 15 is 0 Å². The fourth-order valence-electron chi connectivity index (χ4n) is 4.57. The van der Waals surface area contributed by atoms with Crippen molar-refractivity contribution in [3.05, 3.63) is 24.3 Å². The molecule has 1 unspecified atom stereocenters. The molecule has 0 spiro atoms. The zero-order valence-corrected chi connectivity index (χ0v) is 24.5. The smallest absolute Gasteiger partial charge is 0.306 e. The predicted octanol–water partition coefficient (Wildman–Crippen LogP) is 10.5. The van der Waals surface area contributed by atoms with Gasteiger partial charge < -0.3 is 9.84 Å². The molecule has 4 nitrogen and oxygen atoms in total. The van der Waals surface area contributed by atoms with Gasteiger partial charge in [-0.2, -0.15) is 0 Å². The van der Waals surface area contributed by atoms with Crippen LogP contribution >= 0.6 is 0 Å². The molecular formula is C33H60O4. The van der Waals surface area contributed by atoms with Crippen LogP contribution in [0.5, 0.6) is 0 Å². The molecule has 0 aromatic carbocycles. The van der Waals surface area contributed by atoms with Crippen molar-refractivity contribution in [2.24, 2.45) is 0 Å². The lowest BCUT2D eigenvalue weighted by atomic mass is 10.0. The van der Waals surface area contributed by atoms with Crippen molar-refractivity contribution in [3.63, 3.8) is 0 Å². The van der Waals surface area contributed by atoms with Crippen molar-refractivity contribution >= 4 is 11.9 Å². The molecule has 0 rings (SSSR count). The molecule has 216 valence electrons. The van der Waals surface area contributed by atoms with Crippen LogP contribution in [-0.4, -0.2) is 23.1 Å². The zero-order valence-electron chi connectivity index (χ0n) is 24.5. The third-order valence-electron chi connectivity index (χ3n) is 6.93. The molecular weight excluding hydrogens is 460 g/mol. The van der Waals surface area contributed by atoms with Crippen LogP contribution in [0.2, 0.25) is 0 Å². The molecule has 0 aromatic rings. The molecule has 0 amide bonds. The van der Waals surface area contributed by atoms with Gasteiger partial charge in [0.05, 0.1) is 0 Å². The van der Waals surface area contributed by atoms with Crippen LogP contribution in [0.3, 0.4) is 0 Å². The van der Waals surface area contributed by atoms with Crippen LogP contribution < -0.4 is 0 Å². The number of hydrogen-bond donors (Lipinski definition) is 1. The average molecular weight is 521 g/mol. The first-order valence-corrected chi connectivity index (χ1v) is 15.8. The normalized spacial score (nSPS) is 12.5. The number of hydrogen-bond acceptors (Lipinski definition) is 3. The van der Waals surface area contributed by atoms with E-state index in [1.165, 1.54) is 89.9 Å². The fraction of sp³-hybridized carbons (Fsp3) is 0.818. The standard InChI is InChI=1S/C33H60O4/c1-3-5-7-9-11-13-14-15-16-17-18-19-21-23-25-30-33(36)37-31(28-26-29-32(34)35)27-24-22-20-12-10-8-6-4-2/h11,13,15-16,31H,3-10,12,14,17-30H2,1-2H3,(H,34,35)/b13-11-,16-15-. The lowest BCUT2D eigenvalue weighted by molar-refractivity contribution is -0.150. The van der Waals surface area contributed by atoms with Crippen molar-refractivity contribution in [2.75, 3.05) is 0 Å². The van der Waals surface area contributed by atoms with Gasteiger partial charge in [-0.3, -0.25) is 9.59 Å². The van der Waals surface area contributed by atoms with E-state index in [0.29, 0.717) is 19.3 Å². The number of carboxylic acids is 1. The van der Waals surface area contributed by atoms with E-state index in [2.05, 4.69) is 38.2 Å². The number of aliphatic carboxylic acids is 1. The Labute approximate surface area is 229 Å². The van der Waals surface area contributed by atoms with Gasteiger partial charge in [0.2, 0.25) is 0 Å². The molecule has 0 aromatic heterocycles. The molecule has 4 heteroatoms. The fourth-order valence-corrected chi connectivity index (χ4v) is 4.57. The molecule has 0 saturated carbocycles. The Morgan fingerprint density at radius 2 is 1.08 bits per heavy atom. The first-order valence-electron chi connectivity index (χ1n) is 15.8. The van der Waals surface area contributed by atoms with Gasteiger partial charge in [-0.1, -0.05) is 115 Å². The van der Waals surface area contributed by atoms with Crippen LogP contribution in [0.25, 0.3) is 0 Å². The van der Waals surface area contributed by atoms with Crippen molar-refractivity contribution < 1.29 is 19.4 Å². The maximum Gasteiger partial charge on any atom is 0.306 e. The predicted molar refractivity (Wildman–Crippen MR) is 158 cm³/mol. The lowest BCUT2D eigenvalue weighted by Gasteiger charge is -2.18. The highest BCUT2D eigenvalue weighted by molar-refractivity contribution is 5.69. The third-order valence-corrected chi connectivity index (χ3v) is 6.93. The second kappa shape index (κ2) is 29.0. The van der Waals surface area contributed by atoms with E-state index < -0.39 is 5.97 Å². The van der Waals surface area contributed by atoms with E-state index in [1.54, 1.807) is 0 Å². The van der Waals surface area contributed by atoms with Crippen molar-refractivity contribution in [3.8, 4) is 0 Å². The minimum atomic E-state index is -0.776. The van der Waals surface area contributed by atoms with E-state index in [-0.39, 0.29) is 18.5 Å². The van der Waals surface area contributed by atoms with Crippen LogP contribution in [0.1, 0.15) is 168 Å². The summed E-state index contributed by atoms with van der Waals surface area (Å²) in [7, 11) is 0. The molecule has 0 radical (unpaired) electrons. The summed E-state index contributed by atoms with van der Waals surface area (Å²) in [5.41, 5.74) is 0. The zero-order chi connectivity index (χ0) is 27.2. The molecule has 37 heavy (non-hydrogen) atoms. The molecule has 0 aliphatic heterocycles. The van der Waals surface area contributed by atoms with Gasteiger partial charge in [0.25, 0.3) is 0 Å². The van der Waals surface area contributed by atoms with Gasteiger partial charge in [0.1, 0.15) is 6.10 Å². The molecule has 0 aliphatic rings. The summed E-state index contributed by atoms with van der Waals surface area (Å²) in [5, 5.41) is 8.93. The van der Waals surface area contributed by atoms with Crippen LogP contribution in [-0.2, 0) is 14.3 Å². The molecule has 0 saturated heterocycles. The minimum Gasteiger partial charge on any atom is -0.481 e. The summed E-state index contributed by atoms with van der Waals surface area (Å²) < 4.78 is 5.76. The first kappa shape index (κ1) is 35.4. The summed E-state index contributed by atoms with van der Waals surface area (Å²) in [5.74, 6) is -0.882. The Morgan fingerprint density at radius 3 is 1.70 bits per heavy atom. The summed E-state index contributed by atoms with van der Waals surface area (Å²) in [6, 6.07) is 0. The summed E-state index contributed by atoms with van der Waals surface area (Å²) >= 11 is 0. The minimum absolute atomic E-state index is 0.106. The Balaban J connectivity index is 3.87. The van der Waals surface area contributed by atoms with Crippen LogP contribution in [0.4, 0.5) is 0 Å². The third kappa shape index (κ3) is 28.8. The number of ether oxygens (including phenoxy) is 1. The van der Waals surface area contributed by atoms with Crippen LogP contribution in [0, 0.1) is 0 Å². The summed E-state index contributed by atoms with van der Waals surface area (Å²) in [6.07, 6.45) is 34.6. The van der Waals surface area contributed by atoms with Gasteiger partial charge >= 0.3 is 11.9 Å². The highest BCUT2D eigenvalue weighted by Crippen LogP contribution is 2.17. The molecule has 0 aliphatic carbocycles. The van der Waals surface area contributed by atoms with Gasteiger partial charge in [0, 0.05) is 12.8 Å². The first-order chi connectivity index (χ1) is 18.1. The van der Waals surface area contributed by atoms with Gasteiger partial charge in [-0.25, -0.2) is 0 Å². The van der Waals surface area contributed by atoms with Crippen molar-refractivity contribution in [1.82, 2.24) is 0 Å². The van der Waals surface area contributed by atoms with Gasteiger partial charge in [-0.05, 0) is 64.2 Å². The number of unbranched alkanes of at least 4 members (excludes halogenated alkanes) is 15. The second-order valence-corrected chi connectivity index (χ2v) is 10.6. The maximum atomic E-state index is 12.4.